The minimum absolute atomic E-state index is 0.0105. The Bertz CT molecular complexity index is 1530. The van der Waals surface area contributed by atoms with Crippen molar-refractivity contribution in [2.24, 2.45) is 0 Å². The molecule has 0 heterocycles. The number of carbonyl (C=O) groups is 2. The van der Waals surface area contributed by atoms with E-state index in [9.17, 15) is 18.0 Å². The number of carbonyl (C=O) groups excluding carboxylic acids is 2. The Morgan fingerprint density at radius 1 is 0.884 bits per heavy atom. The number of hydrogen-bond donors (Lipinski definition) is 1. The average Bonchev–Trinajstić information content (AvgIpc) is 2.99. The third-order valence-corrected chi connectivity index (χ3v) is 10.6. The minimum Gasteiger partial charge on any atom is -0.352 e. The second kappa shape index (κ2) is 15.0. The van der Waals surface area contributed by atoms with Crippen LogP contribution in [0.3, 0.4) is 0 Å². The average molecular weight is 686 g/mol. The molecule has 0 aromatic heterocycles. The quantitative estimate of drug-likeness (QED) is 0.224. The van der Waals surface area contributed by atoms with Gasteiger partial charge in [0.2, 0.25) is 11.8 Å². The molecule has 1 aliphatic rings. The molecule has 43 heavy (non-hydrogen) atoms. The molecule has 1 saturated carbocycles. The molecule has 1 atom stereocenters. The van der Waals surface area contributed by atoms with Crippen LogP contribution in [0.4, 0.5) is 5.69 Å². The molecule has 1 fully saturated rings. The Morgan fingerprint density at radius 3 is 2.16 bits per heavy atom. The van der Waals surface area contributed by atoms with E-state index in [4.69, 9.17) is 46.4 Å². The molecule has 2 amide bonds. The molecule has 0 unspecified atom stereocenters. The Kier molecular flexibility index (Phi) is 11.6. The fourth-order valence-electron chi connectivity index (χ4n) is 5.23. The van der Waals surface area contributed by atoms with Gasteiger partial charge >= 0.3 is 0 Å². The van der Waals surface area contributed by atoms with Crippen LogP contribution in [0.1, 0.15) is 51.0 Å². The maximum atomic E-state index is 14.3. The minimum atomic E-state index is -4.30. The first kappa shape index (κ1) is 33.4. The number of sulfonamides is 1. The molecule has 4 rings (SSSR count). The zero-order chi connectivity index (χ0) is 31.1. The van der Waals surface area contributed by atoms with Crippen LogP contribution >= 0.6 is 46.4 Å². The van der Waals surface area contributed by atoms with Gasteiger partial charge in [0.1, 0.15) is 12.6 Å². The highest BCUT2D eigenvalue weighted by Gasteiger charge is 2.35. The largest absolute Gasteiger partial charge is 0.352 e. The van der Waals surface area contributed by atoms with E-state index in [2.05, 4.69) is 5.32 Å². The lowest BCUT2D eigenvalue weighted by molar-refractivity contribution is -0.140. The Labute approximate surface area is 273 Å². The fraction of sp³-hybridized carbons (Fsp3) is 0.355. The summed E-state index contributed by atoms with van der Waals surface area (Å²) < 4.78 is 28.9. The summed E-state index contributed by atoms with van der Waals surface area (Å²) in [5, 5.41) is 4.06. The fourth-order valence-corrected chi connectivity index (χ4v) is 7.63. The number of halogens is 4. The lowest BCUT2D eigenvalue weighted by Gasteiger charge is -2.35. The van der Waals surface area contributed by atoms with Crippen molar-refractivity contribution in [2.45, 2.75) is 69.0 Å². The summed E-state index contributed by atoms with van der Waals surface area (Å²) in [5.41, 5.74) is 0.475. The van der Waals surface area contributed by atoms with Crippen LogP contribution in [0.15, 0.2) is 71.6 Å². The number of amides is 2. The van der Waals surface area contributed by atoms with Gasteiger partial charge in [-0.3, -0.25) is 13.9 Å². The van der Waals surface area contributed by atoms with Gasteiger partial charge in [-0.15, -0.1) is 0 Å². The van der Waals surface area contributed by atoms with Gasteiger partial charge in [0, 0.05) is 33.2 Å². The van der Waals surface area contributed by atoms with E-state index in [0.717, 1.165) is 36.4 Å². The van der Waals surface area contributed by atoms with E-state index in [1.54, 1.807) is 43.3 Å². The first-order valence-electron chi connectivity index (χ1n) is 14.1. The smallest absolute Gasteiger partial charge is 0.264 e. The van der Waals surface area contributed by atoms with Crippen LogP contribution in [-0.2, 0) is 26.2 Å². The summed E-state index contributed by atoms with van der Waals surface area (Å²) in [6, 6.07) is 16.2. The van der Waals surface area contributed by atoms with Gasteiger partial charge in [0.25, 0.3) is 10.0 Å². The predicted molar refractivity (Wildman–Crippen MR) is 174 cm³/mol. The van der Waals surface area contributed by atoms with Gasteiger partial charge in [0.05, 0.1) is 15.6 Å². The molecule has 0 radical (unpaired) electrons. The molecule has 7 nitrogen and oxygen atoms in total. The monoisotopic (exact) mass is 683 g/mol. The summed E-state index contributed by atoms with van der Waals surface area (Å²) in [6.07, 6.45) is 5.16. The highest BCUT2D eigenvalue weighted by molar-refractivity contribution is 7.92. The van der Waals surface area contributed by atoms with Gasteiger partial charge in [-0.25, -0.2) is 8.42 Å². The maximum Gasteiger partial charge on any atom is 0.264 e. The van der Waals surface area contributed by atoms with Crippen LogP contribution in [0.2, 0.25) is 20.1 Å². The van der Waals surface area contributed by atoms with E-state index >= 15 is 0 Å². The SMILES string of the molecule is CC[C@H](C(=O)NC1CCCCC1)N(Cc1c(Cl)cccc1Cl)C(=O)CN(c1cc(Cl)ccc1Cl)S(=O)(=O)c1ccccc1. The lowest BCUT2D eigenvalue weighted by Crippen LogP contribution is -2.54. The molecule has 0 saturated heterocycles. The predicted octanol–water partition coefficient (Wildman–Crippen LogP) is 7.75. The molecule has 0 bridgehead atoms. The van der Waals surface area contributed by atoms with Crippen LogP contribution in [0.25, 0.3) is 0 Å². The van der Waals surface area contributed by atoms with Crippen molar-refractivity contribution < 1.29 is 18.0 Å². The zero-order valence-electron chi connectivity index (χ0n) is 23.6. The Morgan fingerprint density at radius 2 is 1.53 bits per heavy atom. The molecule has 3 aromatic carbocycles. The lowest BCUT2D eigenvalue weighted by atomic mass is 9.95. The molecule has 0 aliphatic heterocycles. The third kappa shape index (κ3) is 8.17. The second-order valence-corrected chi connectivity index (χ2v) is 13.9. The molecular formula is C31H33Cl4N3O4S. The standard InChI is InChI=1S/C31H33Cl4N3O4S/c1-2-28(31(40)36-22-10-5-3-6-11-22)37(19-24-25(33)14-9-15-26(24)34)30(39)20-38(29-18-21(32)16-17-27(29)35)43(41,42)23-12-7-4-8-13-23/h4,7-9,12-18,22,28H,2-3,5-6,10-11,19-20H2,1H3,(H,36,40)/t28-/m1/s1. The number of benzene rings is 3. The van der Waals surface area contributed by atoms with Gasteiger partial charge < -0.3 is 10.2 Å². The molecule has 0 spiro atoms. The van der Waals surface area contributed by atoms with Crippen LogP contribution < -0.4 is 9.62 Å². The van der Waals surface area contributed by atoms with E-state index in [1.165, 1.54) is 35.2 Å². The first-order chi connectivity index (χ1) is 20.5. The van der Waals surface area contributed by atoms with Crippen molar-refractivity contribution in [2.75, 3.05) is 10.8 Å². The third-order valence-electron chi connectivity index (χ3n) is 7.51. The van der Waals surface area contributed by atoms with Gasteiger partial charge in [-0.05, 0) is 61.7 Å². The summed E-state index contributed by atoms with van der Waals surface area (Å²) in [6.45, 7) is 1.02. The van der Waals surface area contributed by atoms with Crippen molar-refractivity contribution in [1.29, 1.82) is 0 Å². The summed E-state index contributed by atoms with van der Waals surface area (Å²) in [5.74, 6) is -0.957. The van der Waals surface area contributed by atoms with Crippen molar-refractivity contribution >= 4 is 73.9 Å². The number of nitrogens with zero attached hydrogens (tertiary/aromatic N) is 2. The number of anilines is 1. The van der Waals surface area contributed by atoms with Crippen LogP contribution in [0.5, 0.6) is 0 Å². The zero-order valence-corrected chi connectivity index (χ0v) is 27.5. The van der Waals surface area contributed by atoms with Crippen LogP contribution in [-0.4, -0.2) is 43.8 Å². The van der Waals surface area contributed by atoms with E-state index in [1.807, 2.05) is 0 Å². The van der Waals surface area contributed by atoms with Crippen LogP contribution in [0, 0.1) is 0 Å². The normalized spacial score (nSPS) is 14.6. The molecule has 12 heteroatoms. The Balaban J connectivity index is 1.76. The highest BCUT2D eigenvalue weighted by atomic mass is 35.5. The van der Waals surface area contributed by atoms with Crippen molar-refractivity contribution in [3.8, 4) is 0 Å². The topological polar surface area (TPSA) is 86.8 Å². The number of hydrogen-bond acceptors (Lipinski definition) is 4. The number of rotatable bonds is 11. The maximum absolute atomic E-state index is 14.3. The molecule has 3 aromatic rings. The van der Waals surface area contributed by atoms with Gasteiger partial charge in [-0.2, -0.15) is 0 Å². The molecule has 1 aliphatic carbocycles. The van der Waals surface area contributed by atoms with E-state index in [0.29, 0.717) is 15.6 Å². The molecule has 230 valence electrons. The van der Waals surface area contributed by atoms with Gasteiger partial charge in [0.15, 0.2) is 0 Å². The van der Waals surface area contributed by atoms with E-state index < -0.39 is 28.5 Å². The van der Waals surface area contributed by atoms with E-state index in [-0.39, 0.29) is 45.5 Å². The van der Waals surface area contributed by atoms with Gasteiger partial charge in [-0.1, -0.05) is 96.9 Å². The highest BCUT2D eigenvalue weighted by Crippen LogP contribution is 2.34. The molecule has 1 N–H and O–H groups in total. The number of nitrogens with one attached hydrogen (secondary N) is 1. The first-order valence-corrected chi connectivity index (χ1v) is 17.0. The summed E-state index contributed by atoms with van der Waals surface area (Å²) in [7, 11) is -4.30. The summed E-state index contributed by atoms with van der Waals surface area (Å²) in [4.78, 5) is 29.3. The second-order valence-electron chi connectivity index (χ2n) is 10.4. The van der Waals surface area contributed by atoms with Crippen molar-refractivity contribution in [1.82, 2.24) is 10.2 Å². The summed E-state index contributed by atoms with van der Waals surface area (Å²) >= 11 is 25.7. The Hall–Kier alpha value is -2.49. The van der Waals surface area contributed by atoms with Crippen molar-refractivity contribution in [3.63, 3.8) is 0 Å². The molecular weight excluding hydrogens is 652 g/mol. The van der Waals surface area contributed by atoms with Crippen molar-refractivity contribution in [3.05, 3.63) is 92.4 Å².